The van der Waals surface area contributed by atoms with Gasteiger partial charge >= 0.3 is 0 Å². The van der Waals surface area contributed by atoms with E-state index in [1.165, 1.54) is 12.1 Å². The molecule has 3 fully saturated rings. The number of hydrogen-bond acceptors (Lipinski definition) is 3. The summed E-state index contributed by atoms with van der Waals surface area (Å²) in [5, 5.41) is 0. The minimum Gasteiger partial charge on any atom is -0.342 e. The van der Waals surface area contributed by atoms with Crippen molar-refractivity contribution in [1.29, 1.82) is 0 Å². The molecule has 3 aliphatic heterocycles. The molecule has 1 aromatic heterocycles. The van der Waals surface area contributed by atoms with Gasteiger partial charge < -0.3 is 14.8 Å². The molecule has 0 radical (unpaired) electrons. The van der Waals surface area contributed by atoms with E-state index in [2.05, 4.69) is 9.97 Å². The van der Waals surface area contributed by atoms with Crippen LogP contribution in [-0.4, -0.2) is 57.3 Å². The van der Waals surface area contributed by atoms with Gasteiger partial charge in [-0.05, 0) is 37.0 Å². The predicted octanol–water partition coefficient (Wildman–Crippen LogP) is 2.10. The molecule has 2 aromatic rings. The van der Waals surface area contributed by atoms with Gasteiger partial charge in [0.1, 0.15) is 11.6 Å². The van der Waals surface area contributed by atoms with Gasteiger partial charge in [-0.15, -0.1) is 0 Å². The van der Waals surface area contributed by atoms with Crippen molar-refractivity contribution < 1.29 is 14.0 Å². The Balaban J connectivity index is 1.42. The molecule has 3 aliphatic rings. The van der Waals surface area contributed by atoms with Crippen molar-refractivity contribution in [2.75, 3.05) is 19.6 Å². The Morgan fingerprint density at radius 2 is 2.12 bits per heavy atom. The zero-order valence-corrected chi connectivity index (χ0v) is 14.9. The Morgan fingerprint density at radius 1 is 1.27 bits per heavy atom. The van der Waals surface area contributed by atoms with E-state index >= 15 is 0 Å². The van der Waals surface area contributed by atoms with Crippen molar-refractivity contribution in [3.63, 3.8) is 0 Å². The second-order valence-electron chi connectivity index (χ2n) is 7.41. The summed E-state index contributed by atoms with van der Waals surface area (Å²) in [5.74, 6) is 0.960. The van der Waals surface area contributed by atoms with Gasteiger partial charge in [-0.25, -0.2) is 9.37 Å². The molecule has 1 N–H and O–H groups in total. The summed E-state index contributed by atoms with van der Waals surface area (Å²) in [5.41, 5.74) is 1.36. The highest BCUT2D eigenvalue weighted by atomic mass is 19.1. The second-order valence-corrected chi connectivity index (χ2v) is 7.41. The van der Waals surface area contributed by atoms with E-state index < -0.39 is 0 Å². The number of aryl methyl sites for hydroxylation is 1. The van der Waals surface area contributed by atoms with Crippen LogP contribution >= 0.6 is 0 Å². The first-order valence-electron chi connectivity index (χ1n) is 9.18. The van der Waals surface area contributed by atoms with E-state index in [0.717, 1.165) is 25.9 Å². The molecule has 138 valence electrons. The van der Waals surface area contributed by atoms with Crippen LogP contribution in [0.25, 0.3) is 11.0 Å². The van der Waals surface area contributed by atoms with E-state index in [0.29, 0.717) is 42.2 Å². The van der Waals surface area contributed by atoms with Gasteiger partial charge in [-0.2, -0.15) is 0 Å². The number of carbonyl (C=O) groups excluding carboxylic acids is 2. The Labute approximate surface area is 151 Å². The molecule has 2 amide bonds. The molecule has 0 saturated carbocycles. The van der Waals surface area contributed by atoms with Crippen LogP contribution in [0.5, 0.6) is 0 Å². The van der Waals surface area contributed by atoms with Gasteiger partial charge in [-0.1, -0.05) is 0 Å². The first-order valence-corrected chi connectivity index (χ1v) is 9.18. The van der Waals surface area contributed by atoms with Crippen LogP contribution in [-0.2, 0) is 16.0 Å². The number of fused-ring (bicyclic) bond motifs is 5. The summed E-state index contributed by atoms with van der Waals surface area (Å²) in [6, 6.07) is 4.55. The van der Waals surface area contributed by atoms with Crippen LogP contribution in [0.3, 0.4) is 0 Å². The van der Waals surface area contributed by atoms with E-state index in [1.807, 2.05) is 9.80 Å². The van der Waals surface area contributed by atoms with Crippen molar-refractivity contribution in [3.05, 3.63) is 29.8 Å². The maximum Gasteiger partial charge on any atom is 0.223 e. The zero-order valence-electron chi connectivity index (χ0n) is 14.9. The summed E-state index contributed by atoms with van der Waals surface area (Å²) >= 11 is 0. The lowest BCUT2D eigenvalue weighted by atomic mass is 9.94. The van der Waals surface area contributed by atoms with Crippen molar-refractivity contribution in [2.24, 2.45) is 5.92 Å². The Kier molecular flexibility index (Phi) is 4.38. The number of piperidine rings is 1. The quantitative estimate of drug-likeness (QED) is 0.914. The number of hydrogen-bond donors (Lipinski definition) is 1. The third kappa shape index (κ3) is 3.30. The predicted molar refractivity (Wildman–Crippen MR) is 94.9 cm³/mol. The first kappa shape index (κ1) is 17.0. The topological polar surface area (TPSA) is 69.3 Å². The number of benzene rings is 1. The SMILES string of the molecule is CC(=O)N1CC2CCC(C1)N(C(=O)CCc1nc3ccc(F)cc3[nH]1)C2. The molecule has 26 heavy (non-hydrogen) atoms. The van der Waals surface area contributed by atoms with Crippen LogP contribution in [0.2, 0.25) is 0 Å². The third-order valence-electron chi connectivity index (χ3n) is 5.55. The largest absolute Gasteiger partial charge is 0.342 e. The number of carbonyl (C=O) groups is 2. The summed E-state index contributed by atoms with van der Waals surface area (Å²) < 4.78 is 13.3. The van der Waals surface area contributed by atoms with Crippen molar-refractivity contribution >= 4 is 22.8 Å². The van der Waals surface area contributed by atoms with E-state index in [1.54, 1.807) is 13.0 Å². The average molecular weight is 358 g/mol. The van der Waals surface area contributed by atoms with Gasteiger partial charge in [0.25, 0.3) is 0 Å². The minimum atomic E-state index is -0.306. The number of halogens is 1. The van der Waals surface area contributed by atoms with Crippen molar-refractivity contribution in [1.82, 2.24) is 19.8 Å². The molecule has 0 spiro atoms. The van der Waals surface area contributed by atoms with Gasteiger partial charge in [0.05, 0.1) is 11.0 Å². The van der Waals surface area contributed by atoms with Gasteiger partial charge in [0.15, 0.2) is 0 Å². The molecular formula is C19H23FN4O2. The summed E-state index contributed by atoms with van der Waals surface area (Å²) in [6.07, 6.45) is 2.91. The van der Waals surface area contributed by atoms with E-state index in [-0.39, 0.29) is 23.7 Å². The number of nitrogens with one attached hydrogen (secondary N) is 1. The maximum absolute atomic E-state index is 13.3. The lowest BCUT2D eigenvalue weighted by Gasteiger charge is -2.36. The fourth-order valence-electron chi connectivity index (χ4n) is 4.17. The van der Waals surface area contributed by atoms with Crippen LogP contribution < -0.4 is 0 Å². The monoisotopic (exact) mass is 358 g/mol. The van der Waals surface area contributed by atoms with Crippen molar-refractivity contribution in [3.8, 4) is 0 Å². The molecule has 4 heterocycles. The average Bonchev–Trinajstić information content (AvgIpc) is 2.78. The molecule has 3 saturated heterocycles. The normalized spacial score (nSPS) is 22.7. The number of amides is 2. The highest BCUT2D eigenvalue weighted by Crippen LogP contribution is 2.28. The smallest absolute Gasteiger partial charge is 0.223 e. The molecule has 6 nitrogen and oxygen atoms in total. The number of H-pyrrole nitrogens is 1. The third-order valence-corrected chi connectivity index (χ3v) is 5.55. The number of rotatable bonds is 3. The molecule has 0 aliphatic carbocycles. The van der Waals surface area contributed by atoms with Crippen LogP contribution in [0.4, 0.5) is 4.39 Å². The maximum atomic E-state index is 13.3. The minimum absolute atomic E-state index is 0.0886. The Bertz CT molecular complexity index is 849. The molecular weight excluding hydrogens is 335 g/mol. The van der Waals surface area contributed by atoms with Crippen LogP contribution in [0.1, 0.15) is 32.0 Å². The van der Waals surface area contributed by atoms with Gasteiger partial charge in [-0.3, -0.25) is 9.59 Å². The summed E-state index contributed by atoms with van der Waals surface area (Å²) in [4.78, 5) is 35.9. The van der Waals surface area contributed by atoms with Crippen LogP contribution in [0, 0.1) is 11.7 Å². The highest BCUT2D eigenvalue weighted by molar-refractivity contribution is 5.78. The molecule has 5 rings (SSSR count). The Morgan fingerprint density at radius 3 is 2.92 bits per heavy atom. The fraction of sp³-hybridized carbons (Fsp3) is 0.526. The van der Waals surface area contributed by atoms with Crippen LogP contribution in [0.15, 0.2) is 18.2 Å². The highest BCUT2D eigenvalue weighted by Gasteiger charge is 2.37. The molecule has 2 unspecified atom stereocenters. The number of nitrogens with zero attached hydrogens (tertiary/aromatic N) is 3. The molecule has 2 bridgehead atoms. The number of imidazole rings is 1. The first-order chi connectivity index (χ1) is 12.5. The van der Waals surface area contributed by atoms with Gasteiger partial charge in [0, 0.05) is 45.4 Å². The summed E-state index contributed by atoms with van der Waals surface area (Å²) in [6.45, 7) is 3.73. The van der Waals surface area contributed by atoms with E-state index in [4.69, 9.17) is 0 Å². The zero-order chi connectivity index (χ0) is 18.3. The lowest BCUT2D eigenvalue weighted by Crippen LogP contribution is -2.47. The van der Waals surface area contributed by atoms with Crippen molar-refractivity contribution in [2.45, 2.75) is 38.6 Å². The number of aromatic nitrogens is 2. The number of aromatic amines is 1. The molecule has 7 heteroatoms. The lowest BCUT2D eigenvalue weighted by molar-refractivity contribution is -0.136. The molecule has 1 aromatic carbocycles. The second kappa shape index (κ2) is 6.70. The Hall–Kier alpha value is -2.44. The fourth-order valence-corrected chi connectivity index (χ4v) is 4.17. The summed E-state index contributed by atoms with van der Waals surface area (Å²) in [7, 11) is 0. The molecule has 2 atom stereocenters. The van der Waals surface area contributed by atoms with Gasteiger partial charge in [0.2, 0.25) is 11.8 Å². The standard InChI is InChI=1S/C19H23FN4O2/c1-12(25)23-9-13-2-4-15(11-23)24(10-13)19(26)7-6-18-21-16-5-3-14(20)8-17(16)22-18/h3,5,8,13,15H,2,4,6-7,9-11H2,1H3,(H,21,22). The van der Waals surface area contributed by atoms with E-state index in [9.17, 15) is 14.0 Å².